The van der Waals surface area contributed by atoms with Crippen molar-refractivity contribution in [1.82, 2.24) is 0 Å². The summed E-state index contributed by atoms with van der Waals surface area (Å²) in [6, 6.07) is 0. The predicted octanol–water partition coefficient (Wildman–Crippen LogP) is -4.32. The molecule has 0 N–H and O–H groups in total. The van der Waals surface area contributed by atoms with Gasteiger partial charge in [0.15, 0.2) is 0 Å². The molecule has 0 aliphatic carbocycles. The monoisotopic (exact) mass is 502 g/mol. The van der Waals surface area contributed by atoms with Crippen LogP contribution in [0.3, 0.4) is 0 Å². The van der Waals surface area contributed by atoms with Gasteiger partial charge in [0.05, 0.1) is 21.6 Å². The predicted molar refractivity (Wildman–Crippen MR) is 88.2 cm³/mol. The molecule has 0 unspecified atom stereocenters. The maximum absolute atomic E-state index is 10.7. The first-order chi connectivity index (χ1) is 10.5. The molecule has 0 aromatic carbocycles. The topological polar surface area (TPSA) is 133 Å². The van der Waals surface area contributed by atoms with Gasteiger partial charge in [0.1, 0.15) is 3.14 Å². The Hall–Kier alpha value is 2.71. The van der Waals surface area contributed by atoms with Crippen LogP contribution < -0.4 is 59.1 Å². The van der Waals surface area contributed by atoms with E-state index in [2.05, 4.69) is 8.37 Å². The molecule has 17 heteroatoms. The molecule has 0 radical (unpaired) electrons. The Balaban J connectivity index is 0.00000288. The van der Waals surface area contributed by atoms with E-state index in [1.165, 1.54) is 46.2 Å². The zero-order valence-corrected chi connectivity index (χ0v) is 22.7. The molecule has 1 aromatic rings. The summed E-state index contributed by atoms with van der Waals surface area (Å²) in [7, 11) is -9.90. The van der Waals surface area contributed by atoms with Crippen molar-refractivity contribution < 1.29 is 93.4 Å². The minimum absolute atomic E-state index is 0. The standard InChI is InChI=1S/C8H10O8S7.2Na/c9-22(10,11)15-1-8(2-16-23(12,13)14)3-18-5-6(19-4-8)21-7(17)20-5;;/h1-4H2,(H,9,10,11)(H,12,13,14);;/q;2*+1/p-2. The molecule has 0 saturated heterocycles. The van der Waals surface area contributed by atoms with Crippen molar-refractivity contribution in [2.24, 2.45) is 5.41 Å². The molecule has 0 bridgehead atoms. The van der Waals surface area contributed by atoms with E-state index in [1.54, 1.807) is 0 Å². The first-order valence-corrected chi connectivity index (χ1v) is 12.3. The Morgan fingerprint density at radius 1 is 0.920 bits per heavy atom. The number of hydrogen-bond acceptors (Lipinski definition) is 13. The van der Waals surface area contributed by atoms with Gasteiger partial charge in [0.2, 0.25) is 20.8 Å². The van der Waals surface area contributed by atoms with Gasteiger partial charge in [-0.3, -0.25) is 8.37 Å². The summed E-state index contributed by atoms with van der Waals surface area (Å²) in [5.41, 5.74) is -1.13. The van der Waals surface area contributed by atoms with E-state index < -0.39 is 39.4 Å². The Kier molecular flexibility index (Phi) is 12.4. The second-order valence-electron chi connectivity index (χ2n) is 4.45. The van der Waals surface area contributed by atoms with Gasteiger partial charge in [-0.25, -0.2) is 16.8 Å². The Morgan fingerprint density at radius 2 is 1.28 bits per heavy atom. The molecule has 1 aliphatic heterocycles. The largest absolute Gasteiger partial charge is 1.00 e. The fourth-order valence-electron chi connectivity index (χ4n) is 1.51. The van der Waals surface area contributed by atoms with Crippen LogP contribution in [-0.4, -0.2) is 50.7 Å². The van der Waals surface area contributed by atoms with E-state index in [0.717, 1.165) is 11.6 Å². The first kappa shape index (κ1) is 27.7. The van der Waals surface area contributed by atoms with Gasteiger partial charge < -0.3 is 9.11 Å². The first-order valence-electron chi connectivity index (χ1n) is 5.58. The molecule has 8 nitrogen and oxygen atoms in total. The van der Waals surface area contributed by atoms with Gasteiger partial charge in [0.25, 0.3) is 0 Å². The van der Waals surface area contributed by atoms with Gasteiger partial charge >= 0.3 is 59.1 Å². The van der Waals surface area contributed by atoms with Crippen LogP contribution in [0.1, 0.15) is 0 Å². The van der Waals surface area contributed by atoms with Crippen molar-refractivity contribution in [3.63, 3.8) is 0 Å². The van der Waals surface area contributed by atoms with Gasteiger partial charge in [-0.1, -0.05) is 12.2 Å². The van der Waals surface area contributed by atoms with Crippen LogP contribution in [0.5, 0.6) is 0 Å². The number of fused-ring (bicyclic) bond motifs is 1. The minimum atomic E-state index is -4.95. The van der Waals surface area contributed by atoms with Gasteiger partial charge in [-0.2, -0.15) is 0 Å². The summed E-state index contributed by atoms with van der Waals surface area (Å²) >= 11 is 10.5. The summed E-state index contributed by atoms with van der Waals surface area (Å²) in [5, 5.41) is 0. The third-order valence-corrected chi connectivity index (χ3v) is 9.65. The second kappa shape index (κ2) is 11.2. The molecular weight excluding hydrogens is 495 g/mol. The summed E-state index contributed by atoms with van der Waals surface area (Å²) in [4.78, 5) is 0. The molecule has 0 saturated carbocycles. The third kappa shape index (κ3) is 9.84. The van der Waals surface area contributed by atoms with Gasteiger partial charge in [-0.05, 0) is 0 Å². The molecule has 25 heavy (non-hydrogen) atoms. The third-order valence-electron chi connectivity index (χ3n) is 2.56. The molecule has 0 amide bonds. The Labute approximate surface area is 211 Å². The zero-order valence-electron chi connectivity index (χ0n) is 13.0. The zero-order chi connectivity index (χ0) is 17.3. The fraction of sp³-hybridized carbons (Fsp3) is 0.625. The van der Waals surface area contributed by atoms with E-state index in [-0.39, 0.29) is 70.6 Å². The Morgan fingerprint density at radius 3 is 1.60 bits per heavy atom. The normalized spacial score (nSPS) is 16.9. The van der Waals surface area contributed by atoms with Gasteiger partial charge in [-0.15, -0.1) is 46.2 Å². The van der Waals surface area contributed by atoms with Crippen LogP contribution >= 0.6 is 58.4 Å². The molecule has 1 aliphatic rings. The maximum atomic E-state index is 10.7. The summed E-state index contributed by atoms with van der Waals surface area (Å²) in [6.07, 6.45) is 0. The van der Waals surface area contributed by atoms with Crippen LogP contribution in [0.4, 0.5) is 0 Å². The molecular formula is C8H8Na2O8S7. The smallest absolute Gasteiger partial charge is 0.726 e. The SMILES string of the molecule is O=S(=O)([O-])OCC1(COS(=O)(=O)[O-])CSc2sc(=S)sc2SC1.[Na+].[Na+]. The van der Waals surface area contributed by atoms with Crippen LogP contribution in [0.15, 0.2) is 8.42 Å². The van der Waals surface area contributed by atoms with Gasteiger partial charge in [0, 0.05) is 16.9 Å². The fourth-order valence-corrected chi connectivity index (χ4v) is 8.88. The minimum Gasteiger partial charge on any atom is -0.726 e. The molecule has 0 fully saturated rings. The number of thioether (sulfide) groups is 2. The van der Waals surface area contributed by atoms with Crippen molar-refractivity contribution in [2.75, 3.05) is 24.7 Å². The quantitative estimate of drug-likeness (QED) is 0.162. The van der Waals surface area contributed by atoms with E-state index in [4.69, 9.17) is 12.2 Å². The van der Waals surface area contributed by atoms with Crippen LogP contribution in [0.2, 0.25) is 0 Å². The van der Waals surface area contributed by atoms with Crippen molar-refractivity contribution in [3.8, 4) is 0 Å². The molecule has 132 valence electrons. The van der Waals surface area contributed by atoms with Crippen molar-refractivity contribution in [3.05, 3.63) is 3.14 Å². The van der Waals surface area contributed by atoms with Crippen molar-refractivity contribution >= 4 is 79.2 Å². The van der Waals surface area contributed by atoms with E-state index in [1.807, 2.05) is 0 Å². The van der Waals surface area contributed by atoms with E-state index in [9.17, 15) is 25.9 Å². The number of hydrogen-bond donors (Lipinski definition) is 0. The molecule has 2 rings (SSSR count). The molecule has 1 aromatic heterocycles. The summed E-state index contributed by atoms with van der Waals surface area (Å²) < 4.78 is 75.3. The second-order valence-corrected chi connectivity index (χ2v) is 12.3. The number of rotatable bonds is 6. The van der Waals surface area contributed by atoms with Crippen LogP contribution in [-0.2, 0) is 29.2 Å². The molecule has 0 spiro atoms. The van der Waals surface area contributed by atoms with Crippen molar-refractivity contribution in [1.29, 1.82) is 0 Å². The molecule has 0 atom stereocenters. The molecule has 2 heterocycles. The summed E-state index contributed by atoms with van der Waals surface area (Å²) in [5.74, 6) is 0.417. The van der Waals surface area contributed by atoms with Crippen LogP contribution in [0, 0.1) is 8.55 Å². The van der Waals surface area contributed by atoms with E-state index >= 15 is 0 Å². The van der Waals surface area contributed by atoms with Crippen LogP contribution in [0.25, 0.3) is 0 Å². The average Bonchev–Trinajstić information content (AvgIpc) is 2.67. The Bertz CT molecular complexity index is 762. The maximum Gasteiger partial charge on any atom is 1.00 e. The van der Waals surface area contributed by atoms with E-state index in [0.29, 0.717) is 0 Å². The van der Waals surface area contributed by atoms with Crippen molar-refractivity contribution in [2.45, 2.75) is 8.42 Å². The summed E-state index contributed by atoms with van der Waals surface area (Å²) in [6.45, 7) is -1.15. The average molecular weight is 503 g/mol.